The van der Waals surface area contributed by atoms with Crippen molar-refractivity contribution in [2.45, 2.75) is 13.8 Å². The van der Waals surface area contributed by atoms with Crippen molar-refractivity contribution in [2.75, 3.05) is 27.3 Å². The summed E-state index contributed by atoms with van der Waals surface area (Å²) in [6, 6.07) is 29.3. The zero-order valence-electron chi connectivity index (χ0n) is 26.0. The summed E-state index contributed by atoms with van der Waals surface area (Å²) in [5.41, 5.74) is 5.73. The molecule has 4 aromatic rings. The van der Waals surface area contributed by atoms with Gasteiger partial charge in [-0.1, -0.05) is 82.7 Å². The second-order valence-electron chi connectivity index (χ2n) is 9.66. The van der Waals surface area contributed by atoms with Crippen molar-refractivity contribution >= 4 is 52.3 Å². The first-order chi connectivity index (χ1) is 22.0. The predicted molar refractivity (Wildman–Crippen MR) is 180 cm³/mol. The third-order valence-electron chi connectivity index (χ3n) is 6.33. The van der Waals surface area contributed by atoms with Crippen molar-refractivity contribution in [3.8, 4) is 11.1 Å². The number of aryl methyl sites for hydroxylation is 2. The molecule has 0 aliphatic carbocycles. The molecule has 240 valence electrons. The smallest absolute Gasteiger partial charge is 0.468 e. The third-order valence-corrected chi connectivity index (χ3v) is 7.22. The van der Waals surface area contributed by atoms with Gasteiger partial charge in [-0.05, 0) is 71.9 Å². The normalized spacial score (nSPS) is 9.72. The number of benzene rings is 4. The van der Waals surface area contributed by atoms with E-state index in [0.29, 0.717) is 16.6 Å². The maximum atomic E-state index is 11.9. The lowest BCUT2D eigenvalue weighted by molar-refractivity contribution is -0.140. The first-order valence-electron chi connectivity index (χ1n) is 14.0. The number of carbonyl (C=O) groups is 4. The predicted octanol–water partition coefficient (Wildman–Crippen LogP) is 3.59. The fraction of sp³-hybridized carbons (Fsp3) is 0.176. The highest BCUT2D eigenvalue weighted by atomic mass is 79.9. The minimum atomic E-state index is -1.34. The first kappa shape index (κ1) is 37.4. The van der Waals surface area contributed by atoms with Crippen LogP contribution >= 0.6 is 15.9 Å². The quantitative estimate of drug-likeness (QED) is 0.162. The van der Waals surface area contributed by atoms with Gasteiger partial charge in [-0.3, -0.25) is 19.2 Å². The van der Waals surface area contributed by atoms with Gasteiger partial charge in [0.25, 0.3) is 11.8 Å². The van der Waals surface area contributed by atoms with E-state index in [0.717, 1.165) is 26.7 Å². The van der Waals surface area contributed by atoms with Gasteiger partial charge in [0.1, 0.15) is 13.1 Å². The molecule has 4 rings (SSSR count). The number of nitrogens with one attached hydrogen (secondary N) is 2. The highest BCUT2D eigenvalue weighted by molar-refractivity contribution is 9.10. The van der Waals surface area contributed by atoms with Crippen LogP contribution in [0, 0.1) is 13.8 Å². The van der Waals surface area contributed by atoms with Crippen LogP contribution in [0.4, 0.5) is 0 Å². The molecule has 10 nitrogen and oxygen atoms in total. The van der Waals surface area contributed by atoms with E-state index in [1.165, 1.54) is 14.2 Å². The molecule has 0 aliphatic rings. The van der Waals surface area contributed by atoms with Crippen LogP contribution in [0.1, 0.15) is 31.8 Å². The van der Waals surface area contributed by atoms with Crippen LogP contribution in [0.3, 0.4) is 0 Å². The van der Waals surface area contributed by atoms with Crippen LogP contribution in [0.5, 0.6) is 0 Å². The summed E-state index contributed by atoms with van der Waals surface area (Å²) in [5, 5.41) is 22.1. The fourth-order valence-corrected chi connectivity index (χ4v) is 4.06. The van der Waals surface area contributed by atoms with Crippen molar-refractivity contribution < 1.29 is 38.7 Å². The molecule has 0 heterocycles. The Balaban J connectivity index is 0.000000260. The van der Waals surface area contributed by atoms with Gasteiger partial charge in [0.05, 0.1) is 14.2 Å². The zero-order valence-corrected chi connectivity index (χ0v) is 27.5. The number of carbonyl (C=O) groups excluding carboxylic acids is 4. The van der Waals surface area contributed by atoms with Gasteiger partial charge < -0.3 is 30.2 Å². The van der Waals surface area contributed by atoms with Crippen molar-refractivity contribution in [1.82, 2.24) is 10.6 Å². The molecule has 0 spiro atoms. The lowest BCUT2D eigenvalue weighted by Crippen LogP contribution is -2.30. The van der Waals surface area contributed by atoms with Crippen LogP contribution in [-0.2, 0) is 19.1 Å². The van der Waals surface area contributed by atoms with E-state index in [1.807, 2.05) is 62.4 Å². The number of ether oxygens (including phenoxy) is 2. The van der Waals surface area contributed by atoms with Gasteiger partial charge in [0, 0.05) is 15.6 Å². The van der Waals surface area contributed by atoms with Crippen LogP contribution in [0.25, 0.3) is 11.1 Å². The van der Waals surface area contributed by atoms with Gasteiger partial charge in [0.2, 0.25) is 0 Å². The largest absolute Gasteiger partial charge is 0.488 e. The molecule has 0 unspecified atom stereocenters. The molecule has 0 radical (unpaired) electrons. The summed E-state index contributed by atoms with van der Waals surface area (Å²) in [6.45, 7) is 3.60. The van der Waals surface area contributed by atoms with E-state index in [2.05, 4.69) is 36.0 Å². The summed E-state index contributed by atoms with van der Waals surface area (Å²) in [6.07, 6.45) is 0. The first-order valence-corrected chi connectivity index (χ1v) is 14.8. The van der Waals surface area contributed by atoms with E-state index in [-0.39, 0.29) is 24.9 Å². The second kappa shape index (κ2) is 19.6. The number of hydrogen-bond acceptors (Lipinski definition) is 8. The molecule has 0 saturated carbocycles. The Bertz CT molecular complexity index is 1600. The summed E-state index contributed by atoms with van der Waals surface area (Å²) >= 11 is 3.35. The molecule has 0 aliphatic heterocycles. The lowest BCUT2D eigenvalue weighted by atomic mass is 9.81. The van der Waals surface area contributed by atoms with Crippen molar-refractivity contribution in [3.63, 3.8) is 0 Å². The van der Waals surface area contributed by atoms with Crippen LogP contribution < -0.4 is 16.1 Å². The third kappa shape index (κ3) is 12.7. The van der Waals surface area contributed by atoms with E-state index in [9.17, 15) is 19.2 Å². The van der Waals surface area contributed by atoms with Crippen molar-refractivity contribution in [2.24, 2.45) is 0 Å². The van der Waals surface area contributed by atoms with Gasteiger partial charge in [-0.25, -0.2) is 0 Å². The Morgan fingerprint density at radius 2 is 1.13 bits per heavy atom. The molecule has 0 aromatic heterocycles. The maximum absolute atomic E-state index is 11.9. The molecular formula is C34H36BBrN2O8. The van der Waals surface area contributed by atoms with Gasteiger partial charge in [-0.15, -0.1) is 0 Å². The number of esters is 2. The number of hydrogen-bond donors (Lipinski definition) is 4. The highest BCUT2D eigenvalue weighted by Crippen LogP contribution is 2.24. The molecule has 4 aromatic carbocycles. The van der Waals surface area contributed by atoms with Gasteiger partial charge in [-0.2, -0.15) is 0 Å². The highest BCUT2D eigenvalue weighted by Gasteiger charge is 2.11. The summed E-state index contributed by atoms with van der Waals surface area (Å²) in [7, 11) is 1.22. The number of methoxy groups -OCH3 is 2. The average molecular weight is 691 g/mol. The average Bonchev–Trinajstić information content (AvgIpc) is 3.08. The number of rotatable bonds is 8. The van der Waals surface area contributed by atoms with Crippen molar-refractivity contribution in [3.05, 3.63) is 124 Å². The Morgan fingerprint density at radius 3 is 1.54 bits per heavy atom. The molecule has 2 amide bonds. The standard InChI is InChI=1S/C17H17NO3.C11H12BrNO3.C6H7BO2/c1-12-10-14(17(20)18-11-16(19)21-2)8-9-15(12)13-6-4-3-5-7-13;1-7-5-8(3-4-9(7)12)11(15)13-6-10(14)16-2;8-7(9)6-4-2-1-3-5-6/h3-10H,11H2,1-2H3,(H,18,20);3-5H,6H2,1-2H3,(H,13,15);1-5,8-9H. The molecule has 0 atom stereocenters. The molecule has 46 heavy (non-hydrogen) atoms. The number of halogens is 1. The Morgan fingerprint density at radius 1 is 0.674 bits per heavy atom. The minimum Gasteiger partial charge on any atom is -0.468 e. The maximum Gasteiger partial charge on any atom is 0.488 e. The van der Waals surface area contributed by atoms with Crippen LogP contribution in [0.2, 0.25) is 0 Å². The summed E-state index contributed by atoms with van der Waals surface area (Å²) in [4.78, 5) is 45.4. The van der Waals surface area contributed by atoms with Crippen LogP contribution in [-0.4, -0.2) is 68.2 Å². The summed E-state index contributed by atoms with van der Waals surface area (Å²) < 4.78 is 9.84. The Kier molecular flexibility index (Phi) is 15.9. The molecule has 12 heteroatoms. The number of amides is 2. The molecular weight excluding hydrogens is 655 g/mol. The van der Waals surface area contributed by atoms with E-state index < -0.39 is 19.1 Å². The minimum absolute atomic E-state index is 0.121. The molecule has 0 bridgehead atoms. The SMILES string of the molecule is COC(=O)CNC(=O)c1ccc(-c2ccccc2)c(C)c1.COC(=O)CNC(=O)c1ccc(Br)c(C)c1.OB(O)c1ccccc1. The molecule has 0 fully saturated rings. The Labute approximate surface area is 277 Å². The van der Waals surface area contributed by atoms with Gasteiger partial charge in [0.15, 0.2) is 0 Å². The Hall–Kier alpha value is -4.78. The summed E-state index contributed by atoms with van der Waals surface area (Å²) in [5.74, 6) is -1.52. The molecule has 4 N–H and O–H groups in total. The lowest BCUT2D eigenvalue weighted by Gasteiger charge is -2.09. The fourth-order valence-electron chi connectivity index (χ4n) is 3.81. The zero-order chi connectivity index (χ0) is 34.1. The molecule has 0 saturated heterocycles. The van der Waals surface area contributed by atoms with E-state index in [1.54, 1.807) is 48.5 Å². The van der Waals surface area contributed by atoms with Crippen LogP contribution in [0.15, 0.2) is 102 Å². The second-order valence-corrected chi connectivity index (χ2v) is 10.5. The van der Waals surface area contributed by atoms with E-state index in [4.69, 9.17) is 10.0 Å². The monoisotopic (exact) mass is 690 g/mol. The van der Waals surface area contributed by atoms with Gasteiger partial charge >= 0.3 is 19.1 Å². The van der Waals surface area contributed by atoms with E-state index >= 15 is 0 Å². The van der Waals surface area contributed by atoms with Crippen molar-refractivity contribution in [1.29, 1.82) is 0 Å². The topological polar surface area (TPSA) is 151 Å².